The van der Waals surface area contributed by atoms with Crippen molar-refractivity contribution >= 4 is 27.5 Å². The van der Waals surface area contributed by atoms with Crippen LogP contribution in [0, 0.1) is 5.92 Å². The Morgan fingerprint density at radius 3 is 2.89 bits per heavy atom. The summed E-state index contributed by atoms with van der Waals surface area (Å²) in [5.41, 5.74) is 6.66. The largest absolute Gasteiger partial charge is 0.495 e. The second-order valence-electron chi connectivity index (χ2n) is 4.54. The number of nitrogens with two attached hydrogens (primary N) is 1. The molecule has 0 radical (unpaired) electrons. The average Bonchev–Trinajstić information content (AvgIpc) is 2.78. The van der Waals surface area contributed by atoms with Crippen molar-refractivity contribution in [1.29, 1.82) is 0 Å². The third kappa shape index (κ3) is 2.84. The molecule has 1 fully saturated rings. The molecule has 2 rings (SSSR count). The molecule has 2 unspecified atom stereocenters. The Bertz CT molecular complexity index is 451. The van der Waals surface area contributed by atoms with Gasteiger partial charge in [-0.15, -0.1) is 0 Å². The average molecular weight is 313 g/mol. The van der Waals surface area contributed by atoms with Crippen molar-refractivity contribution in [2.75, 3.05) is 12.4 Å². The highest BCUT2D eigenvalue weighted by molar-refractivity contribution is 9.10. The van der Waals surface area contributed by atoms with E-state index in [0.717, 1.165) is 29.4 Å². The van der Waals surface area contributed by atoms with Gasteiger partial charge in [-0.1, -0.05) is 6.42 Å². The van der Waals surface area contributed by atoms with Crippen molar-refractivity contribution in [2.45, 2.75) is 25.3 Å². The summed E-state index contributed by atoms with van der Waals surface area (Å²) in [5, 5.41) is 2.90. The number of halogens is 1. The van der Waals surface area contributed by atoms with Crippen LogP contribution in [0.5, 0.6) is 5.75 Å². The Balaban J connectivity index is 2.07. The molecule has 0 saturated heterocycles. The maximum Gasteiger partial charge on any atom is 0.229 e. The van der Waals surface area contributed by atoms with E-state index in [1.54, 1.807) is 13.2 Å². The number of methoxy groups -OCH3 is 1. The fourth-order valence-electron chi connectivity index (χ4n) is 2.29. The maximum atomic E-state index is 12.1. The predicted octanol–water partition coefficient (Wildman–Crippen LogP) is 2.52. The number of nitrogens with one attached hydrogen (secondary N) is 1. The molecular weight excluding hydrogens is 296 g/mol. The minimum Gasteiger partial charge on any atom is -0.495 e. The third-order valence-electron chi connectivity index (χ3n) is 3.32. The summed E-state index contributed by atoms with van der Waals surface area (Å²) in [6.07, 6.45) is 2.84. The number of anilines is 1. The summed E-state index contributed by atoms with van der Waals surface area (Å²) in [6.45, 7) is 0. The number of rotatable bonds is 3. The SMILES string of the molecule is COc1cc(NC(=O)C2CCCC2N)ccc1Br. The standard InChI is InChI=1S/C13H17BrN2O2/c1-18-12-7-8(5-6-10(12)14)16-13(17)9-3-2-4-11(9)15/h5-7,9,11H,2-4,15H2,1H3,(H,16,17). The van der Waals surface area contributed by atoms with Gasteiger partial charge < -0.3 is 15.8 Å². The van der Waals surface area contributed by atoms with Gasteiger partial charge >= 0.3 is 0 Å². The number of hydrogen-bond acceptors (Lipinski definition) is 3. The van der Waals surface area contributed by atoms with Crippen molar-refractivity contribution in [2.24, 2.45) is 11.7 Å². The molecule has 98 valence electrons. The molecule has 5 heteroatoms. The lowest BCUT2D eigenvalue weighted by atomic mass is 10.0. The first-order chi connectivity index (χ1) is 8.61. The Morgan fingerprint density at radius 1 is 1.50 bits per heavy atom. The van der Waals surface area contributed by atoms with Crippen LogP contribution in [0.25, 0.3) is 0 Å². The van der Waals surface area contributed by atoms with Crippen LogP contribution in [-0.2, 0) is 4.79 Å². The fourth-order valence-corrected chi connectivity index (χ4v) is 2.70. The molecule has 0 aliphatic heterocycles. The van der Waals surface area contributed by atoms with Gasteiger partial charge in [0.25, 0.3) is 0 Å². The monoisotopic (exact) mass is 312 g/mol. The first-order valence-corrected chi connectivity index (χ1v) is 6.81. The van der Waals surface area contributed by atoms with Gasteiger partial charge in [0.05, 0.1) is 17.5 Å². The van der Waals surface area contributed by atoms with E-state index in [1.165, 1.54) is 0 Å². The van der Waals surface area contributed by atoms with Crippen molar-refractivity contribution < 1.29 is 9.53 Å². The second kappa shape index (κ2) is 5.71. The van der Waals surface area contributed by atoms with E-state index >= 15 is 0 Å². The summed E-state index contributed by atoms with van der Waals surface area (Å²) in [4.78, 5) is 12.1. The molecule has 4 nitrogen and oxygen atoms in total. The molecule has 1 saturated carbocycles. The molecule has 1 aliphatic rings. The highest BCUT2D eigenvalue weighted by atomic mass is 79.9. The number of benzene rings is 1. The molecule has 1 aromatic rings. The lowest BCUT2D eigenvalue weighted by Gasteiger charge is -2.15. The Morgan fingerprint density at radius 2 is 2.28 bits per heavy atom. The summed E-state index contributed by atoms with van der Waals surface area (Å²) < 4.78 is 6.05. The number of carbonyl (C=O) groups is 1. The van der Waals surface area contributed by atoms with Gasteiger partial charge in [0.2, 0.25) is 5.91 Å². The van der Waals surface area contributed by atoms with Crippen LogP contribution in [0.4, 0.5) is 5.69 Å². The van der Waals surface area contributed by atoms with E-state index in [9.17, 15) is 4.79 Å². The number of hydrogen-bond donors (Lipinski definition) is 2. The van der Waals surface area contributed by atoms with E-state index in [1.807, 2.05) is 12.1 Å². The topological polar surface area (TPSA) is 64.3 Å². The highest BCUT2D eigenvalue weighted by Crippen LogP contribution is 2.29. The zero-order valence-electron chi connectivity index (χ0n) is 10.3. The van der Waals surface area contributed by atoms with Crippen LogP contribution < -0.4 is 15.8 Å². The zero-order chi connectivity index (χ0) is 13.1. The summed E-state index contributed by atoms with van der Waals surface area (Å²) in [5.74, 6) is 0.632. The minimum atomic E-state index is -0.0698. The summed E-state index contributed by atoms with van der Waals surface area (Å²) >= 11 is 3.37. The van der Waals surface area contributed by atoms with Crippen molar-refractivity contribution in [1.82, 2.24) is 0 Å². The highest BCUT2D eigenvalue weighted by Gasteiger charge is 2.30. The van der Waals surface area contributed by atoms with E-state index in [-0.39, 0.29) is 17.9 Å². The maximum absolute atomic E-state index is 12.1. The van der Waals surface area contributed by atoms with Gasteiger partial charge in [0.15, 0.2) is 0 Å². The molecule has 1 amide bonds. The molecular formula is C13H17BrN2O2. The van der Waals surface area contributed by atoms with E-state index in [0.29, 0.717) is 5.75 Å². The number of carbonyl (C=O) groups excluding carboxylic acids is 1. The van der Waals surface area contributed by atoms with Gasteiger partial charge in [-0.25, -0.2) is 0 Å². The molecule has 0 bridgehead atoms. The van der Waals surface area contributed by atoms with E-state index in [2.05, 4.69) is 21.2 Å². The first kappa shape index (κ1) is 13.4. The lowest BCUT2D eigenvalue weighted by molar-refractivity contribution is -0.120. The third-order valence-corrected chi connectivity index (χ3v) is 3.98. The molecule has 0 aromatic heterocycles. The Hall–Kier alpha value is -1.07. The quantitative estimate of drug-likeness (QED) is 0.901. The molecule has 18 heavy (non-hydrogen) atoms. The zero-order valence-corrected chi connectivity index (χ0v) is 11.9. The first-order valence-electron chi connectivity index (χ1n) is 6.02. The number of amides is 1. The smallest absolute Gasteiger partial charge is 0.229 e. The second-order valence-corrected chi connectivity index (χ2v) is 5.39. The van der Waals surface area contributed by atoms with Gasteiger partial charge in [0.1, 0.15) is 5.75 Å². The van der Waals surface area contributed by atoms with Crippen LogP contribution >= 0.6 is 15.9 Å². The van der Waals surface area contributed by atoms with Crippen molar-refractivity contribution in [3.63, 3.8) is 0 Å². The molecule has 0 spiro atoms. The van der Waals surface area contributed by atoms with Gasteiger partial charge in [-0.05, 0) is 40.9 Å². The molecule has 2 atom stereocenters. The Kier molecular flexibility index (Phi) is 4.24. The van der Waals surface area contributed by atoms with Crippen molar-refractivity contribution in [3.8, 4) is 5.75 Å². The number of ether oxygens (including phenoxy) is 1. The summed E-state index contributed by atoms with van der Waals surface area (Å²) in [6, 6.07) is 5.47. The van der Waals surface area contributed by atoms with Crippen LogP contribution in [-0.4, -0.2) is 19.1 Å². The van der Waals surface area contributed by atoms with Crippen LogP contribution in [0.2, 0.25) is 0 Å². The molecule has 1 aromatic carbocycles. The van der Waals surface area contributed by atoms with E-state index in [4.69, 9.17) is 10.5 Å². The van der Waals surface area contributed by atoms with Gasteiger partial charge in [-0.3, -0.25) is 4.79 Å². The van der Waals surface area contributed by atoms with E-state index < -0.39 is 0 Å². The van der Waals surface area contributed by atoms with Gasteiger partial charge in [-0.2, -0.15) is 0 Å². The molecule has 0 heterocycles. The predicted molar refractivity (Wildman–Crippen MR) is 74.6 cm³/mol. The minimum absolute atomic E-state index is 0.00405. The van der Waals surface area contributed by atoms with Crippen LogP contribution in [0.1, 0.15) is 19.3 Å². The lowest BCUT2D eigenvalue weighted by Crippen LogP contribution is -2.34. The fraction of sp³-hybridized carbons (Fsp3) is 0.462. The van der Waals surface area contributed by atoms with Crippen LogP contribution in [0.15, 0.2) is 22.7 Å². The summed E-state index contributed by atoms with van der Waals surface area (Å²) in [7, 11) is 1.60. The normalized spacial score (nSPS) is 22.8. The van der Waals surface area contributed by atoms with Crippen LogP contribution in [0.3, 0.4) is 0 Å². The molecule has 3 N–H and O–H groups in total. The van der Waals surface area contributed by atoms with Crippen molar-refractivity contribution in [3.05, 3.63) is 22.7 Å². The molecule has 1 aliphatic carbocycles. The van der Waals surface area contributed by atoms with Gasteiger partial charge in [0, 0.05) is 17.8 Å². The Labute approximate surface area is 115 Å².